The smallest absolute Gasteiger partial charge is 0.221 e. The van der Waals surface area contributed by atoms with Gasteiger partial charge in [0, 0.05) is 17.8 Å². The minimum absolute atomic E-state index is 0.131. The first-order valence-electron chi connectivity index (χ1n) is 3.56. The van der Waals surface area contributed by atoms with E-state index in [4.69, 9.17) is 0 Å². The van der Waals surface area contributed by atoms with Crippen LogP contribution in [-0.4, -0.2) is 17.3 Å². The maximum absolute atomic E-state index is 10.9. The molecule has 1 atom stereocenters. The summed E-state index contributed by atoms with van der Waals surface area (Å²) in [6.45, 7) is 4.06. The van der Waals surface area contributed by atoms with Crippen LogP contribution in [0.1, 0.15) is 26.7 Å². The summed E-state index contributed by atoms with van der Waals surface area (Å²) in [7, 11) is 0. The minimum Gasteiger partial charge on any atom is -0.354 e. The van der Waals surface area contributed by atoms with Crippen LogP contribution >= 0.6 is 15.9 Å². The third-order valence-electron chi connectivity index (χ3n) is 1.34. The molecular weight excluding hydrogens is 194 g/mol. The van der Waals surface area contributed by atoms with Crippen molar-refractivity contribution in [3.8, 4) is 0 Å². The zero-order valence-corrected chi connectivity index (χ0v) is 8.07. The summed E-state index contributed by atoms with van der Waals surface area (Å²) in [6.07, 6.45) is 1.57. The van der Waals surface area contributed by atoms with Crippen molar-refractivity contribution in [2.45, 2.75) is 32.7 Å². The quantitative estimate of drug-likeness (QED) is 0.699. The SMILES string of the molecule is CC[C@@H](C)NC(=O)CCBr. The molecule has 1 N–H and O–H groups in total. The van der Waals surface area contributed by atoms with Gasteiger partial charge in [-0.3, -0.25) is 4.79 Å². The fourth-order valence-corrected chi connectivity index (χ4v) is 0.895. The molecule has 0 aromatic heterocycles. The zero-order chi connectivity index (χ0) is 7.98. The second-order valence-electron chi connectivity index (χ2n) is 2.32. The summed E-state index contributed by atoms with van der Waals surface area (Å²) < 4.78 is 0. The molecule has 0 saturated heterocycles. The summed E-state index contributed by atoms with van der Waals surface area (Å²) in [4.78, 5) is 10.9. The Labute approximate surface area is 70.5 Å². The molecule has 2 nitrogen and oxygen atoms in total. The lowest BCUT2D eigenvalue weighted by molar-refractivity contribution is -0.121. The normalized spacial score (nSPS) is 12.7. The molecule has 0 aliphatic rings. The van der Waals surface area contributed by atoms with Crippen molar-refractivity contribution >= 4 is 21.8 Å². The third kappa shape index (κ3) is 4.79. The van der Waals surface area contributed by atoms with Gasteiger partial charge in [-0.25, -0.2) is 0 Å². The Balaban J connectivity index is 3.37. The summed E-state index contributed by atoms with van der Waals surface area (Å²) in [5, 5.41) is 3.61. The Hall–Kier alpha value is -0.0500. The number of alkyl halides is 1. The van der Waals surface area contributed by atoms with Gasteiger partial charge in [0.1, 0.15) is 0 Å². The number of hydrogen-bond acceptors (Lipinski definition) is 1. The number of hydrogen-bond donors (Lipinski definition) is 1. The molecule has 0 radical (unpaired) electrons. The van der Waals surface area contributed by atoms with Gasteiger partial charge in [-0.1, -0.05) is 22.9 Å². The Morgan fingerprint density at radius 2 is 2.30 bits per heavy atom. The van der Waals surface area contributed by atoms with Crippen LogP contribution < -0.4 is 5.32 Å². The van der Waals surface area contributed by atoms with E-state index < -0.39 is 0 Å². The first-order valence-corrected chi connectivity index (χ1v) is 4.68. The van der Waals surface area contributed by atoms with E-state index in [0.29, 0.717) is 12.5 Å². The molecule has 0 aliphatic heterocycles. The second kappa shape index (κ2) is 5.71. The maximum Gasteiger partial charge on any atom is 0.221 e. The molecule has 0 aromatic carbocycles. The van der Waals surface area contributed by atoms with Gasteiger partial charge in [0.25, 0.3) is 0 Å². The van der Waals surface area contributed by atoms with Gasteiger partial charge in [-0.15, -0.1) is 0 Å². The summed E-state index contributed by atoms with van der Waals surface area (Å²) in [5.41, 5.74) is 0. The molecule has 0 aliphatic carbocycles. The molecule has 3 heteroatoms. The summed E-state index contributed by atoms with van der Waals surface area (Å²) in [5.74, 6) is 0.131. The Morgan fingerprint density at radius 3 is 2.70 bits per heavy atom. The van der Waals surface area contributed by atoms with Crippen LogP contribution in [0.2, 0.25) is 0 Å². The lowest BCUT2D eigenvalue weighted by Gasteiger charge is -2.09. The summed E-state index contributed by atoms with van der Waals surface area (Å²) >= 11 is 3.20. The van der Waals surface area contributed by atoms with E-state index in [-0.39, 0.29) is 5.91 Å². The highest BCUT2D eigenvalue weighted by Gasteiger charge is 2.02. The average molecular weight is 208 g/mol. The molecule has 0 fully saturated rings. The minimum atomic E-state index is 0.131. The van der Waals surface area contributed by atoms with Crippen LogP contribution in [0.5, 0.6) is 0 Å². The fourth-order valence-electron chi connectivity index (χ4n) is 0.535. The molecule has 10 heavy (non-hydrogen) atoms. The van der Waals surface area contributed by atoms with Gasteiger partial charge in [-0.05, 0) is 13.3 Å². The highest BCUT2D eigenvalue weighted by atomic mass is 79.9. The Morgan fingerprint density at radius 1 is 1.70 bits per heavy atom. The second-order valence-corrected chi connectivity index (χ2v) is 3.11. The van der Waals surface area contributed by atoms with Crippen molar-refractivity contribution in [1.82, 2.24) is 5.32 Å². The monoisotopic (exact) mass is 207 g/mol. The van der Waals surface area contributed by atoms with Crippen molar-refractivity contribution in [1.29, 1.82) is 0 Å². The van der Waals surface area contributed by atoms with Crippen LogP contribution in [-0.2, 0) is 4.79 Å². The third-order valence-corrected chi connectivity index (χ3v) is 1.74. The molecule has 0 unspecified atom stereocenters. The molecular formula is C7H14BrNO. The van der Waals surface area contributed by atoms with E-state index in [9.17, 15) is 4.79 Å². The number of carbonyl (C=O) groups excluding carboxylic acids is 1. The van der Waals surface area contributed by atoms with Crippen molar-refractivity contribution in [2.24, 2.45) is 0 Å². The van der Waals surface area contributed by atoms with Gasteiger partial charge in [0.15, 0.2) is 0 Å². The number of carbonyl (C=O) groups is 1. The van der Waals surface area contributed by atoms with E-state index in [1.165, 1.54) is 0 Å². The number of nitrogens with one attached hydrogen (secondary N) is 1. The van der Waals surface area contributed by atoms with Crippen LogP contribution in [0.15, 0.2) is 0 Å². The average Bonchev–Trinajstić information content (AvgIpc) is 1.88. The predicted molar refractivity (Wildman–Crippen MR) is 46.3 cm³/mol. The number of halogens is 1. The standard InChI is InChI=1S/C7H14BrNO/c1-3-6(2)9-7(10)4-5-8/h6H,3-5H2,1-2H3,(H,9,10)/t6-/m1/s1. The lowest BCUT2D eigenvalue weighted by atomic mass is 10.2. The van der Waals surface area contributed by atoms with E-state index in [1.807, 2.05) is 6.92 Å². The van der Waals surface area contributed by atoms with E-state index >= 15 is 0 Å². The topological polar surface area (TPSA) is 29.1 Å². The number of rotatable bonds is 4. The molecule has 0 bridgehead atoms. The van der Waals surface area contributed by atoms with Gasteiger partial charge in [-0.2, -0.15) is 0 Å². The molecule has 0 saturated carbocycles. The molecule has 60 valence electrons. The first kappa shape index (κ1) is 9.95. The maximum atomic E-state index is 10.9. The van der Waals surface area contributed by atoms with Crippen LogP contribution in [0, 0.1) is 0 Å². The Kier molecular flexibility index (Phi) is 5.69. The molecule has 0 heterocycles. The van der Waals surface area contributed by atoms with Crippen molar-refractivity contribution in [2.75, 3.05) is 5.33 Å². The molecule has 0 rings (SSSR count). The fraction of sp³-hybridized carbons (Fsp3) is 0.857. The lowest BCUT2D eigenvalue weighted by Crippen LogP contribution is -2.31. The number of amides is 1. The van der Waals surface area contributed by atoms with E-state index in [2.05, 4.69) is 28.2 Å². The zero-order valence-electron chi connectivity index (χ0n) is 6.48. The molecule has 1 amide bonds. The van der Waals surface area contributed by atoms with Gasteiger partial charge >= 0.3 is 0 Å². The van der Waals surface area contributed by atoms with E-state index in [0.717, 1.165) is 11.8 Å². The van der Waals surface area contributed by atoms with Gasteiger partial charge in [0.2, 0.25) is 5.91 Å². The highest BCUT2D eigenvalue weighted by Crippen LogP contribution is 1.91. The highest BCUT2D eigenvalue weighted by molar-refractivity contribution is 9.09. The van der Waals surface area contributed by atoms with Gasteiger partial charge < -0.3 is 5.32 Å². The Bertz CT molecular complexity index is 106. The van der Waals surface area contributed by atoms with Crippen LogP contribution in [0.25, 0.3) is 0 Å². The van der Waals surface area contributed by atoms with Crippen molar-refractivity contribution < 1.29 is 4.79 Å². The largest absolute Gasteiger partial charge is 0.354 e. The first-order chi connectivity index (χ1) is 4.70. The van der Waals surface area contributed by atoms with Crippen LogP contribution in [0.3, 0.4) is 0 Å². The van der Waals surface area contributed by atoms with Crippen molar-refractivity contribution in [3.63, 3.8) is 0 Å². The van der Waals surface area contributed by atoms with Gasteiger partial charge in [0.05, 0.1) is 0 Å². The molecule has 0 spiro atoms. The molecule has 0 aromatic rings. The summed E-state index contributed by atoms with van der Waals surface area (Å²) in [6, 6.07) is 0.312. The predicted octanol–water partition coefficient (Wildman–Crippen LogP) is 1.69. The van der Waals surface area contributed by atoms with E-state index in [1.54, 1.807) is 0 Å². The van der Waals surface area contributed by atoms with Crippen LogP contribution in [0.4, 0.5) is 0 Å². The van der Waals surface area contributed by atoms with Crippen molar-refractivity contribution in [3.05, 3.63) is 0 Å².